The number of halogens is 1. The Morgan fingerprint density at radius 3 is 2.57 bits per heavy atom. The molecule has 0 saturated carbocycles. The first-order valence-electron chi connectivity index (χ1n) is 9.13. The van der Waals surface area contributed by atoms with Crippen molar-refractivity contribution in [2.75, 3.05) is 31.4 Å². The maximum absolute atomic E-state index is 13.2. The third-order valence-corrected chi connectivity index (χ3v) is 4.14. The van der Waals surface area contributed by atoms with E-state index in [2.05, 4.69) is 15.6 Å². The molecule has 6 N–H and O–H groups in total. The van der Waals surface area contributed by atoms with Crippen LogP contribution in [0.5, 0.6) is 0 Å². The van der Waals surface area contributed by atoms with Gasteiger partial charge in [-0.2, -0.15) is 0 Å². The van der Waals surface area contributed by atoms with E-state index < -0.39 is 23.5 Å². The molecule has 1 atom stereocenters. The van der Waals surface area contributed by atoms with Crippen LogP contribution in [0.4, 0.5) is 20.7 Å². The monoisotopic (exact) mass is 419 g/mol. The fraction of sp³-hybridized carbons (Fsp3) is 0.350. The van der Waals surface area contributed by atoms with E-state index in [4.69, 9.17) is 20.6 Å². The number of amides is 2. The van der Waals surface area contributed by atoms with Crippen LogP contribution < -0.4 is 16.4 Å². The number of rotatable bonds is 8. The average Bonchev–Trinajstić information content (AvgIpc) is 2.66. The van der Waals surface area contributed by atoms with E-state index in [1.165, 1.54) is 57.5 Å². The summed E-state index contributed by atoms with van der Waals surface area (Å²) in [5.41, 5.74) is 5.62. The number of pyridine rings is 1. The summed E-state index contributed by atoms with van der Waals surface area (Å²) in [7, 11) is 1.52. The van der Waals surface area contributed by atoms with Crippen molar-refractivity contribution in [1.29, 1.82) is 5.41 Å². The number of hydrogen-bond donors (Lipinski definition) is 5. The molecule has 10 heteroatoms. The molecule has 0 radical (unpaired) electrons. The van der Waals surface area contributed by atoms with Crippen LogP contribution in [-0.2, 0) is 9.47 Å². The summed E-state index contributed by atoms with van der Waals surface area (Å²) in [6, 6.07) is 5.41. The van der Waals surface area contributed by atoms with Crippen molar-refractivity contribution in [3.05, 3.63) is 53.5 Å². The smallest absolute Gasteiger partial charge is 0.320 e. The zero-order chi connectivity index (χ0) is 22.3. The standard InChI is InChI=1S/C20H26FN5O4/c1-20(2,28)17(12-4-6-13(21)7-5-12)26-19(27)25-16-10-15(22)14(11-24-16)18(23)30-9-8-29-3/h4-7,10-11,17,23,28H,8-9H2,1-3H3,(H4,22,24,25,26,27). The molecule has 30 heavy (non-hydrogen) atoms. The van der Waals surface area contributed by atoms with Gasteiger partial charge in [-0.05, 0) is 31.5 Å². The van der Waals surface area contributed by atoms with Gasteiger partial charge in [0.05, 0.1) is 23.8 Å². The highest BCUT2D eigenvalue weighted by atomic mass is 19.1. The summed E-state index contributed by atoms with van der Waals surface area (Å²) in [6.07, 6.45) is 1.31. The minimum absolute atomic E-state index is 0.145. The van der Waals surface area contributed by atoms with Crippen LogP contribution >= 0.6 is 0 Å². The lowest BCUT2D eigenvalue weighted by atomic mass is 9.92. The van der Waals surface area contributed by atoms with Gasteiger partial charge in [0, 0.05) is 25.1 Å². The number of nitrogens with one attached hydrogen (secondary N) is 3. The molecule has 1 aromatic heterocycles. The van der Waals surface area contributed by atoms with Crippen LogP contribution in [0.3, 0.4) is 0 Å². The second-order valence-electron chi connectivity index (χ2n) is 7.06. The number of aromatic nitrogens is 1. The molecular weight excluding hydrogens is 393 g/mol. The molecule has 1 aromatic carbocycles. The van der Waals surface area contributed by atoms with Crippen molar-refractivity contribution >= 4 is 23.4 Å². The van der Waals surface area contributed by atoms with Crippen LogP contribution in [0.25, 0.3) is 0 Å². The van der Waals surface area contributed by atoms with Gasteiger partial charge in [-0.15, -0.1) is 0 Å². The lowest BCUT2D eigenvalue weighted by Crippen LogP contribution is -2.44. The van der Waals surface area contributed by atoms with Crippen LogP contribution in [-0.4, -0.2) is 47.9 Å². The first-order chi connectivity index (χ1) is 14.1. The lowest BCUT2D eigenvalue weighted by Gasteiger charge is -2.30. The summed E-state index contributed by atoms with van der Waals surface area (Å²) >= 11 is 0. The Morgan fingerprint density at radius 1 is 1.33 bits per heavy atom. The van der Waals surface area contributed by atoms with E-state index in [1.807, 2.05) is 0 Å². The van der Waals surface area contributed by atoms with Crippen molar-refractivity contribution in [2.24, 2.45) is 0 Å². The number of anilines is 2. The molecule has 2 aromatic rings. The predicted molar refractivity (Wildman–Crippen MR) is 111 cm³/mol. The van der Waals surface area contributed by atoms with Gasteiger partial charge < -0.3 is 25.6 Å². The third-order valence-electron chi connectivity index (χ3n) is 4.14. The fourth-order valence-corrected chi connectivity index (χ4v) is 2.64. The van der Waals surface area contributed by atoms with Crippen LogP contribution in [0.15, 0.2) is 36.5 Å². The molecule has 2 amide bonds. The van der Waals surface area contributed by atoms with Gasteiger partial charge >= 0.3 is 6.03 Å². The number of nitrogen functional groups attached to an aromatic ring is 1. The Bertz CT molecular complexity index is 884. The Balaban J connectivity index is 2.08. The number of ether oxygens (including phenoxy) is 2. The number of hydrogen-bond acceptors (Lipinski definition) is 7. The number of benzene rings is 1. The Labute approximate surface area is 173 Å². The molecule has 0 aliphatic carbocycles. The number of methoxy groups -OCH3 is 1. The number of urea groups is 1. The van der Waals surface area contributed by atoms with Crippen molar-refractivity contribution < 1.29 is 23.8 Å². The first kappa shape index (κ1) is 23.0. The highest BCUT2D eigenvalue weighted by molar-refractivity contribution is 5.97. The lowest BCUT2D eigenvalue weighted by molar-refractivity contribution is 0.0415. The summed E-state index contributed by atoms with van der Waals surface area (Å²) < 4.78 is 23.3. The Morgan fingerprint density at radius 2 is 2.00 bits per heavy atom. The molecule has 0 saturated heterocycles. The molecule has 0 aliphatic rings. The van der Waals surface area contributed by atoms with Gasteiger partial charge in [0.1, 0.15) is 18.2 Å². The summed E-state index contributed by atoms with van der Waals surface area (Å²) in [5, 5.41) is 23.5. The topological polar surface area (TPSA) is 143 Å². The molecule has 0 spiro atoms. The molecule has 162 valence electrons. The molecule has 1 unspecified atom stereocenters. The average molecular weight is 419 g/mol. The van der Waals surface area contributed by atoms with Crippen molar-refractivity contribution in [2.45, 2.75) is 25.5 Å². The Kier molecular flexibility index (Phi) is 7.67. The second kappa shape index (κ2) is 9.99. The van der Waals surface area contributed by atoms with Gasteiger partial charge in [0.2, 0.25) is 5.90 Å². The molecule has 0 bridgehead atoms. The number of carbonyl (C=O) groups excluding carboxylic acids is 1. The molecule has 2 rings (SSSR count). The van der Waals surface area contributed by atoms with Gasteiger partial charge in [-0.25, -0.2) is 14.2 Å². The second-order valence-corrected chi connectivity index (χ2v) is 7.06. The number of carbonyl (C=O) groups is 1. The number of nitrogens with two attached hydrogens (primary N) is 1. The highest BCUT2D eigenvalue weighted by Crippen LogP contribution is 2.26. The maximum Gasteiger partial charge on any atom is 0.320 e. The normalized spacial score (nSPS) is 12.2. The highest BCUT2D eigenvalue weighted by Gasteiger charge is 2.30. The largest absolute Gasteiger partial charge is 0.475 e. The molecule has 0 fully saturated rings. The summed E-state index contributed by atoms with van der Waals surface area (Å²) in [5.74, 6) is -0.437. The predicted octanol–water partition coefficient (Wildman–Crippen LogP) is 2.42. The van der Waals surface area contributed by atoms with Crippen molar-refractivity contribution in [3.63, 3.8) is 0 Å². The minimum atomic E-state index is -1.32. The summed E-state index contributed by atoms with van der Waals surface area (Å²) in [4.78, 5) is 16.5. The quantitative estimate of drug-likeness (QED) is 0.253. The zero-order valence-electron chi connectivity index (χ0n) is 17.0. The van der Waals surface area contributed by atoms with E-state index in [-0.39, 0.29) is 29.6 Å². The Hall–Kier alpha value is -3.24. The summed E-state index contributed by atoms with van der Waals surface area (Å²) in [6.45, 7) is 3.58. The van der Waals surface area contributed by atoms with E-state index in [0.29, 0.717) is 12.2 Å². The van der Waals surface area contributed by atoms with Crippen LogP contribution in [0, 0.1) is 11.2 Å². The maximum atomic E-state index is 13.2. The van der Waals surface area contributed by atoms with Gasteiger partial charge in [0.25, 0.3) is 0 Å². The van der Waals surface area contributed by atoms with Gasteiger partial charge in [-0.1, -0.05) is 12.1 Å². The molecular formula is C20H26FN5O4. The van der Waals surface area contributed by atoms with Crippen LogP contribution in [0.2, 0.25) is 0 Å². The molecule has 9 nitrogen and oxygen atoms in total. The van der Waals surface area contributed by atoms with E-state index in [0.717, 1.165) is 0 Å². The SMILES string of the molecule is COCCOC(=N)c1cnc(NC(=O)NC(c2ccc(F)cc2)C(C)(C)O)cc1N. The van der Waals surface area contributed by atoms with Crippen LogP contribution in [0.1, 0.15) is 31.0 Å². The zero-order valence-corrected chi connectivity index (χ0v) is 17.0. The van der Waals surface area contributed by atoms with E-state index in [1.54, 1.807) is 0 Å². The molecule has 1 heterocycles. The number of nitrogens with zero attached hydrogens (tertiary/aromatic N) is 1. The van der Waals surface area contributed by atoms with E-state index in [9.17, 15) is 14.3 Å². The first-order valence-corrected chi connectivity index (χ1v) is 9.13. The molecule has 0 aliphatic heterocycles. The van der Waals surface area contributed by atoms with Gasteiger partial charge in [-0.3, -0.25) is 10.7 Å². The van der Waals surface area contributed by atoms with Gasteiger partial charge in [0.15, 0.2) is 0 Å². The third kappa shape index (κ3) is 6.39. The number of aliphatic hydroxyl groups is 1. The minimum Gasteiger partial charge on any atom is -0.475 e. The fourth-order valence-electron chi connectivity index (χ4n) is 2.64. The van der Waals surface area contributed by atoms with E-state index >= 15 is 0 Å². The van der Waals surface area contributed by atoms with Crippen molar-refractivity contribution in [1.82, 2.24) is 10.3 Å². The van der Waals surface area contributed by atoms with Crippen molar-refractivity contribution in [3.8, 4) is 0 Å².